The monoisotopic (exact) mass is 496 g/mol. The van der Waals surface area contributed by atoms with Gasteiger partial charge in [-0.05, 0) is 28.8 Å². The molecule has 186 valence electrons. The van der Waals surface area contributed by atoms with Gasteiger partial charge in [0.2, 0.25) is 0 Å². The number of carbonyl (C=O) groups excluding carboxylic acids is 1. The van der Waals surface area contributed by atoms with Gasteiger partial charge in [-0.15, -0.1) is 0 Å². The standard InChI is InChI=1S/C34H28N2O2/c37-32(26-15-7-2-8-16-26)29-21-22-30(35-23-25-13-5-1-6-14-25)33-31(29)36-34(24-38-33,27-17-9-3-10-18-27)28-19-11-4-12-20-28/h1-22,35-36H,23-24H2. The average Bonchev–Trinajstić information content (AvgIpc) is 3.01. The first-order chi connectivity index (χ1) is 18.7. The molecule has 6 rings (SSSR count). The molecule has 1 aliphatic rings. The van der Waals surface area contributed by atoms with Crippen LogP contribution in [0.1, 0.15) is 32.6 Å². The van der Waals surface area contributed by atoms with Crippen LogP contribution in [-0.2, 0) is 12.1 Å². The van der Waals surface area contributed by atoms with Gasteiger partial charge in [0.15, 0.2) is 11.5 Å². The molecule has 0 saturated carbocycles. The van der Waals surface area contributed by atoms with Gasteiger partial charge in [-0.25, -0.2) is 0 Å². The van der Waals surface area contributed by atoms with Gasteiger partial charge in [-0.1, -0.05) is 121 Å². The minimum atomic E-state index is -0.667. The first kappa shape index (κ1) is 23.6. The Bertz CT molecular complexity index is 1500. The van der Waals surface area contributed by atoms with Crippen LogP contribution < -0.4 is 15.4 Å². The van der Waals surface area contributed by atoms with Crippen LogP contribution in [0.15, 0.2) is 133 Å². The summed E-state index contributed by atoms with van der Waals surface area (Å²) in [6.07, 6.45) is 0. The van der Waals surface area contributed by atoms with E-state index in [9.17, 15) is 4.79 Å². The Hall–Kier alpha value is -4.83. The van der Waals surface area contributed by atoms with Crippen molar-refractivity contribution in [1.82, 2.24) is 0 Å². The predicted molar refractivity (Wildman–Crippen MR) is 153 cm³/mol. The third-order valence-electron chi connectivity index (χ3n) is 7.07. The van der Waals surface area contributed by atoms with E-state index in [0.717, 1.165) is 22.4 Å². The summed E-state index contributed by atoms with van der Waals surface area (Å²) in [7, 11) is 0. The Morgan fingerprint density at radius 3 is 1.87 bits per heavy atom. The molecule has 0 fully saturated rings. The fourth-order valence-electron chi connectivity index (χ4n) is 5.08. The Labute approximate surface area is 222 Å². The predicted octanol–water partition coefficient (Wildman–Crippen LogP) is 7.28. The molecule has 0 unspecified atom stereocenters. The number of anilines is 2. The zero-order chi connectivity index (χ0) is 25.8. The molecule has 0 atom stereocenters. The summed E-state index contributed by atoms with van der Waals surface area (Å²) in [5.74, 6) is 0.606. The molecule has 0 saturated heterocycles. The SMILES string of the molecule is O=C(c1ccccc1)c1ccc(NCc2ccccc2)c2c1NC(c1ccccc1)(c1ccccc1)CO2. The highest BCUT2D eigenvalue weighted by Gasteiger charge is 2.41. The fourth-order valence-corrected chi connectivity index (χ4v) is 5.08. The number of benzene rings is 5. The molecule has 0 radical (unpaired) electrons. The van der Waals surface area contributed by atoms with Crippen LogP contribution in [0.5, 0.6) is 5.75 Å². The number of ether oxygens (including phenoxy) is 1. The normalized spacial score (nSPS) is 13.5. The van der Waals surface area contributed by atoms with Crippen molar-refractivity contribution in [3.8, 4) is 5.75 Å². The first-order valence-corrected chi connectivity index (χ1v) is 12.8. The summed E-state index contributed by atoms with van der Waals surface area (Å²) in [6, 6.07) is 44.0. The van der Waals surface area contributed by atoms with E-state index in [4.69, 9.17) is 4.74 Å². The second kappa shape index (κ2) is 10.3. The number of carbonyl (C=O) groups is 1. The molecule has 0 bridgehead atoms. The van der Waals surface area contributed by atoms with E-state index in [1.807, 2.05) is 97.1 Å². The highest BCUT2D eigenvalue weighted by Crippen LogP contribution is 2.47. The fraction of sp³-hybridized carbons (Fsp3) is 0.0882. The summed E-state index contributed by atoms with van der Waals surface area (Å²) in [6.45, 7) is 1.02. The lowest BCUT2D eigenvalue weighted by Gasteiger charge is -2.42. The zero-order valence-electron chi connectivity index (χ0n) is 20.9. The summed E-state index contributed by atoms with van der Waals surface area (Å²) in [5, 5.41) is 7.34. The second-order valence-corrected chi connectivity index (χ2v) is 9.45. The highest BCUT2D eigenvalue weighted by molar-refractivity contribution is 6.14. The molecule has 5 aromatic rings. The van der Waals surface area contributed by atoms with Gasteiger partial charge in [-0.3, -0.25) is 4.79 Å². The highest BCUT2D eigenvalue weighted by atomic mass is 16.5. The van der Waals surface area contributed by atoms with Crippen molar-refractivity contribution in [1.29, 1.82) is 0 Å². The summed E-state index contributed by atoms with van der Waals surface area (Å²) in [5.41, 5.74) is 5.38. The van der Waals surface area contributed by atoms with E-state index in [1.54, 1.807) is 0 Å². The van der Waals surface area contributed by atoms with Crippen LogP contribution in [0, 0.1) is 0 Å². The smallest absolute Gasteiger partial charge is 0.195 e. The first-order valence-electron chi connectivity index (χ1n) is 12.8. The van der Waals surface area contributed by atoms with Gasteiger partial charge in [0.05, 0.1) is 11.4 Å². The quantitative estimate of drug-likeness (QED) is 0.233. The number of rotatable bonds is 7. The molecule has 0 spiro atoms. The second-order valence-electron chi connectivity index (χ2n) is 9.45. The van der Waals surface area contributed by atoms with Gasteiger partial charge in [0.25, 0.3) is 0 Å². The van der Waals surface area contributed by atoms with Crippen molar-refractivity contribution in [2.24, 2.45) is 0 Å². The lowest BCUT2D eigenvalue weighted by molar-refractivity contribution is 0.103. The van der Waals surface area contributed by atoms with Crippen LogP contribution >= 0.6 is 0 Å². The topological polar surface area (TPSA) is 50.4 Å². The molecule has 1 heterocycles. The molecule has 0 amide bonds. The number of hydrogen-bond acceptors (Lipinski definition) is 4. The van der Waals surface area contributed by atoms with Gasteiger partial charge >= 0.3 is 0 Å². The van der Waals surface area contributed by atoms with E-state index in [-0.39, 0.29) is 5.78 Å². The minimum Gasteiger partial charge on any atom is -0.486 e. The van der Waals surface area contributed by atoms with Crippen molar-refractivity contribution in [3.63, 3.8) is 0 Å². The summed E-state index contributed by atoms with van der Waals surface area (Å²) >= 11 is 0. The maximum Gasteiger partial charge on any atom is 0.195 e. The largest absolute Gasteiger partial charge is 0.486 e. The van der Waals surface area contributed by atoms with Gasteiger partial charge < -0.3 is 15.4 Å². The molecule has 1 aliphatic heterocycles. The van der Waals surface area contributed by atoms with Gasteiger partial charge in [0.1, 0.15) is 12.1 Å². The van der Waals surface area contributed by atoms with Crippen LogP contribution in [-0.4, -0.2) is 12.4 Å². The Morgan fingerprint density at radius 2 is 1.26 bits per heavy atom. The maximum atomic E-state index is 13.8. The van der Waals surface area contributed by atoms with E-state index >= 15 is 0 Å². The molecule has 4 heteroatoms. The maximum absolute atomic E-state index is 13.8. The molecular formula is C34H28N2O2. The minimum absolute atomic E-state index is 0.0514. The van der Waals surface area contributed by atoms with Crippen LogP contribution in [0.3, 0.4) is 0 Å². The number of fused-ring (bicyclic) bond motifs is 1. The summed E-state index contributed by atoms with van der Waals surface area (Å²) in [4.78, 5) is 13.8. The van der Waals surface area contributed by atoms with E-state index in [1.165, 1.54) is 0 Å². The van der Waals surface area contributed by atoms with Gasteiger partial charge in [0, 0.05) is 17.7 Å². The zero-order valence-corrected chi connectivity index (χ0v) is 20.9. The third kappa shape index (κ3) is 4.41. The Kier molecular flexibility index (Phi) is 6.37. The van der Waals surface area contributed by atoms with Crippen LogP contribution in [0.2, 0.25) is 0 Å². The lowest BCUT2D eigenvalue weighted by atomic mass is 9.81. The van der Waals surface area contributed by atoms with Crippen molar-refractivity contribution in [3.05, 3.63) is 161 Å². The van der Waals surface area contributed by atoms with E-state index in [2.05, 4.69) is 47.0 Å². The Morgan fingerprint density at radius 1 is 0.711 bits per heavy atom. The molecule has 0 aliphatic carbocycles. The van der Waals surface area contributed by atoms with Crippen LogP contribution in [0.25, 0.3) is 0 Å². The van der Waals surface area contributed by atoms with Crippen molar-refractivity contribution in [2.75, 3.05) is 17.2 Å². The number of nitrogens with one attached hydrogen (secondary N) is 2. The van der Waals surface area contributed by atoms with Crippen LogP contribution in [0.4, 0.5) is 11.4 Å². The average molecular weight is 497 g/mol. The molecule has 2 N–H and O–H groups in total. The lowest BCUT2D eigenvalue weighted by Crippen LogP contribution is -2.45. The number of hydrogen-bond donors (Lipinski definition) is 2. The van der Waals surface area contributed by atoms with E-state index < -0.39 is 5.54 Å². The van der Waals surface area contributed by atoms with Gasteiger partial charge in [-0.2, -0.15) is 0 Å². The van der Waals surface area contributed by atoms with Crippen molar-refractivity contribution >= 4 is 17.2 Å². The molecule has 38 heavy (non-hydrogen) atoms. The Balaban J connectivity index is 1.48. The van der Waals surface area contributed by atoms with E-state index in [0.29, 0.717) is 35.7 Å². The third-order valence-corrected chi connectivity index (χ3v) is 7.07. The molecule has 4 nitrogen and oxygen atoms in total. The molecular weight excluding hydrogens is 468 g/mol. The molecule has 5 aromatic carbocycles. The van der Waals surface area contributed by atoms with Crippen molar-refractivity contribution < 1.29 is 9.53 Å². The summed E-state index contributed by atoms with van der Waals surface area (Å²) < 4.78 is 6.62. The van der Waals surface area contributed by atoms with Crippen molar-refractivity contribution in [2.45, 2.75) is 12.1 Å². The molecule has 0 aromatic heterocycles. The number of ketones is 1.